The fourth-order valence-corrected chi connectivity index (χ4v) is 10.8. The van der Waals surface area contributed by atoms with E-state index in [1.54, 1.807) is 0 Å². The summed E-state index contributed by atoms with van der Waals surface area (Å²) in [4.78, 5) is 2.57. The second kappa shape index (κ2) is 12.1. The largest absolute Gasteiger partial charge is 0.456 e. The van der Waals surface area contributed by atoms with Crippen molar-refractivity contribution in [2.75, 3.05) is 4.90 Å². The van der Waals surface area contributed by atoms with Crippen molar-refractivity contribution in [1.29, 1.82) is 0 Å². The molecule has 0 spiro atoms. The highest BCUT2D eigenvalue weighted by atomic mass is 16.3. The fourth-order valence-electron chi connectivity index (χ4n) is 10.8. The van der Waals surface area contributed by atoms with Gasteiger partial charge in [-0.1, -0.05) is 170 Å². The predicted octanol–water partition coefficient (Wildman–Crippen LogP) is 15.8. The van der Waals surface area contributed by atoms with E-state index < -0.39 is 0 Å². The van der Waals surface area contributed by atoms with Gasteiger partial charge in [-0.15, -0.1) is 0 Å². The molecule has 58 heavy (non-hydrogen) atoms. The number of furan rings is 1. The average Bonchev–Trinajstić information content (AvgIpc) is 3.80. The quantitative estimate of drug-likeness (QED) is 0.178. The summed E-state index contributed by atoms with van der Waals surface area (Å²) >= 11 is 0. The molecule has 0 saturated carbocycles. The molecule has 2 nitrogen and oxygen atoms in total. The number of benzene rings is 8. The van der Waals surface area contributed by atoms with Gasteiger partial charge in [0, 0.05) is 39.0 Å². The van der Waals surface area contributed by atoms with Crippen LogP contribution in [0.15, 0.2) is 162 Å². The molecular formula is C56H47NO. The maximum absolute atomic E-state index is 6.64. The van der Waals surface area contributed by atoms with Gasteiger partial charge in [0.15, 0.2) is 0 Å². The Balaban J connectivity index is 1.27. The van der Waals surface area contributed by atoms with Crippen LogP contribution >= 0.6 is 0 Å². The van der Waals surface area contributed by atoms with Crippen molar-refractivity contribution < 1.29 is 4.42 Å². The third kappa shape index (κ3) is 4.78. The van der Waals surface area contributed by atoms with E-state index >= 15 is 0 Å². The standard InChI is InChI=1S/C56H47NO/c1-54(2,3)50-48-42-21-10-13-24-44(42)55(4,5)51(48)53(52-49(50)43-22-11-14-25-45(43)56(52,6)7)57(37-31-32-41-40-20-12-15-26-46(40)58-47(41)33-37)36-29-27-35(28-30-36)39-23-16-18-34-17-8-9-19-38(34)39/h8-33H,1-7H3. The van der Waals surface area contributed by atoms with Crippen LogP contribution in [0.25, 0.3) is 66.1 Å². The number of hydrogen-bond acceptors (Lipinski definition) is 2. The number of para-hydroxylation sites is 1. The number of anilines is 3. The number of hydrogen-bond donors (Lipinski definition) is 0. The van der Waals surface area contributed by atoms with Crippen LogP contribution in [0.4, 0.5) is 17.1 Å². The van der Waals surface area contributed by atoms with Crippen molar-refractivity contribution in [2.45, 2.75) is 64.7 Å². The minimum atomic E-state index is -0.286. The highest BCUT2D eigenvalue weighted by molar-refractivity contribution is 6.08. The molecule has 0 N–H and O–H groups in total. The molecule has 11 rings (SSSR count). The third-order valence-corrected chi connectivity index (χ3v) is 13.3. The van der Waals surface area contributed by atoms with Crippen LogP contribution in [-0.2, 0) is 16.2 Å². The number of fused-ring (bicyclic) bond motifs is 10. The second-order valence-corrected chi connectivity index (χ2v) is 18.5. The Bertz CT molecular complexity index is 3060. The molecular weight excluding hydrogens is 703 g/mol. The molecule has 0 fully saturated rings. The van der Waals surface area contributed by atoms with Gasteiger partial charge in [-0.2, -0.15) is 0 Å². The highest BCUT2D eigenvalue weighted by Crippen LogP contribution is 2.65. The van der Waals surface area contributed by atoms with Crippen LogP contribution in [0, 0.1) is 0 Å². The van der Waals surface area contributed by atoms with Gasteiger partial charge in [-0.05, 0) is 108 Å². The van der Waals surface area contributed by atoms with Crippen LogP contribution in [0.5, 0.6) is 0 Å². The van der Waals surface area contributed by atoms with Gasteiger partial charge < -0.3 is 9.32 Å². The molecule has 0 unspecified atom stereocenters. The van der Waals surface area contributed by atoms with Gasteiger partial charge >= 0.3 is 0 Å². The van der Waals surface area contributed by atoms with Gasteiger partial charge in [0.1, 0.15) is 11.2 Å². The Morgan fingerprint density at radius 1 is 0.466 bits per heavy atom. The molecule has 0 aliphatic heterocycles. The molecule has 0 bridgehead atoms. The molecule has 2 aliphatic rings. The van der Waals surface area contributed by atoms with E-state index in [1.165, 1.54) is 77.7 Å². The Morgan fingerprint density at radius 3 is 1.64 bits per heavy atom. The maximum Gasteiger partial charge on any atom is 0.137 e. The second-order valence-electron chi connectivity index (χ2n) is 18.5. The fraction of sp³-hybridized carbons (Fsp3) is 0.179. The summed E-state index contributed by atoms with van der Waals surface area (Å²) in [5, 5.41) is 4.78. The molecule has 2 aliphatic carbocycles. The molecule has 9 aromatic rings. The van der Waals surface area contributed by atoms with Gasteiger partial charge in [-0.3, -0.25) is 0 Å². The van der Waals surface area contributed by atoms with Gasteiger partial charge in [0.25, 0.3) is 0 Å². The molecule has 2 heteroatoms. The first-order chi connectivity index (χ1) is 27.9. The van der Waals surface area contributed by atoms with Crippen LogP contribution in [-0.4, -0.2) is 0 Å². The molecule has 0 atom stereocenters. The van der Waals surface area contributed by atoms with Gasteiger partial charge in [0.05, 0.1) is 5.69 Å². The molecule has 282 valence electrons. The van der Waals surface area contributed by atoms with Crippen LogP contribution in [0.1, 0.15) is 76.3 Å². The summed E-state index contributed by atoms with van der Waals surface area (Å²) in [7, 11) is 0. The van der Waals surface area contributed by atoms with Gasteiger partial charge in [-0.25, -0.2) is 0 Å². The van der Waals surface area contributed by atoms with E-state index in [-0.39, 0.29) is 16.2 Å². The van der Waals surface area contributed by atoms with Crippen molar-refractivity contribution in [3.8, 4) is 33.4 Å². The molecule has 1 aromatic heterocycles. The molecule has 1 heterocycles. The third-order valence-electron chi connectivity index (χ3n) is 13.3. The van der Waals surface area contributed by atoms with Crippen molar-refractivity contribution >= 4 is 49.8 Å². The SMILES string of the molecule is CC(C)(C)c1c2c(c(N(c3ccc(-c4cccc5ccccc45)cc3)c3ccc4c(c3)oc3ccccc34)c3c1-c1ccccc1C3(C)C)C(C)(C)c1ccccc1-2. The van der Waals surface area contributed by atoms with Crippen LogP contribution in [0.2, 0.25) is 0 Å². The van der Waals surface area contributed by atoms with E-state index in [4.69, 9.17) is 4.42 Å². The molecule has 0 amide bonds. The van der Waals surface area contributed by atoms with E-state index in [9.17, 15) is 0 Å². The first kappa shape index (κ1) is 34.8. The Hall–Kier alpha value is -6.38. The minimum Gasteiger partial charge on any atom is -0.456 e. The Morgan fingerprint density at radius 2 is 0.983 bits per heavy atom. The van der Waals surface area contributed by atoms with Crippen LogP contribution in [0.3, 0.4) is 0 Å². The Kier molecular flexibility index (Phi) is 7.25. The molecule has 8 aromatic carbocycles. The topological polar surface area (TPSA) is 16.4 Å². The summed E-state index contributed by atoms with van der Waals surface area (Å²) in [5.41, 5.74) is 19.4. The van der Waals surface area contributed by atoms with Gasteiger partial charge in [0.2, 0.25) is 0 Å². The number of rotatable bonds is 4. The first-order valence-electron chi connectivity index (χ1n) is 20.7. The van der Waals surface area contributed by atoms with Crippen molar-refractivity contribution in [3.05, 3.63) is 186 Å². The lowest BCUT2D eigenvalue weighted by molar-refractivity contribution is 0.587. The smallest absolute Gasteiger partial charge is 0.137 e. The number of nitrogens with zero attached hydrogens (tertiary/aromatic N) is 1. The molecule has 0 radical (unpaired) electrons. The molecule has 0 saturated heterocycles. The predicted molar refractivity (Wildman–Crippen MR) is 245 cm³/mol. The van der Waals surface area contributed by atoms with Crippen molar-refractivity contribution in [1.82, 2.24) is 0 Å². The van der Waals surface area contributed by atoms with E-state index in [0.29, 0.717) is 0 Å². The summed E-state index contributed by atoms with van der Waals surface area (Å²) in [6.07, 6.45) is 0. The summed E-state index contributed by atoms with van der Waals surface area (Å²) in [6.45, 7) is 17.0. The zero-order valence-electron chi connectivity index (χ0n) is 34.4. The average molecular weight is 750 g/mol. The first-order valence-corrected chi connectivity index (χ1v) is 20.7. The lowest BCUT2D eigenvalue weighted by Crippen LogP contribution is -2.27. The summed E-state index contributed by atoms with van der Waals surface area (Å²) in [6, 6.07) is 58.2. The summed E-state index contributed by atoms with van der Waals surface area (Å²) in [5.74, 6) is 0. The highest BCUT2D eigenvalue weighted by Gasteiger charge is 2.50. The summed E-state index contributed by atoms with van der Waals surface area (Å²) < 4.78 is 6.64. The Labute approximate surface area is 341 Å². The van der Waals surface area contributed by atoms with Crippen molar-refractivity contribution in [3.63, 3.8) is 0 Å². The monoisotopic (exact) mass is 749 g/mol. The van der Waals surface area contributed by atoms with E-state index in [0.717, 1.165) is 33.3 Å². The lowest BCUT2D eigenvalue weighted by atomic mass is 9.71. The zero-order chi connectivity index (χ0) is 39.7. The lowest BCUT2D eigenvalue weighted by Gasteiger charge is -2.39. The van der Waals surface area contributed by atoms with E-state index in [1.807, 2.05) is 0 Å². The minimum absolute atomic E-state index is 0.133. The normalized spacial score (nSPS) is 14.7. The van der Waals surface area contributed by atoms with Crippen molar-refractivity contribution in [2.24, 2.45) is 0 Å². The van der Waals surface area contributed by atoms with Crippen LogP contribution < -0.4 is 4.90 Å². The zero-order valence-corrected chi connectivity index (χ0v) is 34.4. The van der Waals surface area contributed by atoms with E-state index in [2.05, 4.69) is 211 Å². The maximum atomic E-state index is 6.64.